The lowest BCUT2D eigenvalue weighted by Gasteiger charge is -2.12. The molecule has 0 saturated carbocycles. The van der Waals surface area contributed by atoms with Crippen molar-refractivity contribution in [2.75, 3.05) is 12.3 Å². The minimum absolute atomic E-state index is 0.0315. The van der Waals surface area contributed by atoms with Crippen LogP contribution in [0, 0.1) is 0 Å². The van der Waals surface area contributed by atoms with E-state index in [0.717, 1.165) is 5.56 Å². The number of halogens is 1. The van der Waals surface area contributed by atoms with Crippen LogP contribution in [0.25, 0.3) is 5.82 Å². The number of amides is 1. The highest BCUT2D eigenvalue weighted by molar-refractivity contribution is 6.30. The Kier molecular flexibility index (Phi) is 8.89. The lowest BCUT2D eigenvalue weighted by molar-refractivity contribution is 0.0947. The summed E-state index contributed by atoms with van der Waals surface area (Å²) in [6, 6.07) is 21.8. The number of nitrogens with two attached hydrogens (primary N) is 1. The fourth-order valence-corrected chi connectivity index (χ4v) is 4.00. The van der Waals surface area contributed by atoms with Crippen LogP contribution in [0.4, 0.5) is 5.82 Å². The third-order valence-corrected chi connectivity index (χ3v) is 5.96. The van der Waals surface area contributed by atoms with Crippen LogP contribution < -0.4 is 25.4 Å². The molecule has 0 bridgehead atoms. The van der Waals surface area contributed by atoms with Gasteiger partial charge in [-0.25, -0.2) is 10.1 Å². The van der Waals surface area contributed by atoms with Crippen molar-refractivity contribution in [3.05, 3.63) is 100 Å². The van der Waals surface area contributed by atoms with E-state index in [1.165, 1.54) is 10.9 Å². The van der Waals surface area contributed by atoms with Gasteiger partial charge in [-0.2, -0.15) is 9.78 Å². The van der Waals surface area contributed by atoms with Gasteiger partial charge in [0.15, 0.2) is 17.2 Å². The molecule has 2 aromatic heterocycles. The first-order chi connectivity index (χ1) is 20.5. The van der Waals surface area contributed by atoms with Gasteiger partial charge in [0.25, 0.3) is 5.91 Å². The van der Waals surface area contributed by atoms with Crippen LogP contribution in [-0.2, 0) is 13.2 Å². The Hall–Kier alpha value is -5.43. The van der Waals surface area contributed by atoms with E-state index in [9.17, 15) is 4.79 Å². The van der Waals surface area contributed by atoms with Gasteiger partial charge in [0, 0.05) is 5.02 Å². The molecule has 0 atom stereocenters. The lowest BCUT2D eigenvalue weighted by atomic mass is 10.2. The fourth-order valence-electron chi connectivity index (χ4n) is 3.78. The molecular formula is C28H25ClN8O5. The van der Waals surface area contributed by atoms with Gasteiger partial charge in [-0.15, -0.1) is 5.10 Å². The molecule has 0 aliphatic carbocycles. The Morgan fingerprint density at radius 2 is 1.88 bits per heavy atom. The van der Waals surface area contributed by atoms with E-state index in [1.807, 2.05) is 43.3 Å². The van der Waals surface area contributed by atoms with Crippen LogP contribution in [-0.4, -0.2) is 44.0 Å². The number of nitrogen functional groups attached to an aromatic ring is 1. The zero-order valence-corrected chi connectivity index (χ0v) is 23.1. The molecule has 3 N–H and O–H groups in total. The van der Waals surface area contributed by atoms with Crippen molar-refractivity contribution in [1.82, 2.24) is 30.7 Å². The molecule has 214 valence electrons. The zero-order valence-electron chi connectivity index (χ0n) is 22.3. The van der Waals surface area contributed by atoms with Crippen molar-refractivity contribution >= 4 is 29.5 Å². The van der Waals surface area contributed by atoms with Crippen molar-refractivity contribution in [1.29, 1.82) is 0 Å². The minimum atomic E-state index is -0.634. The highest BCUT2D eigenvalue weighted by atomic mass is 35.5. The van der Waals surface area contributed by atoms with Gasteiger partial charge in [0.05, 0.1) is 12.8 Å². The van der Waals surface area contributed by atoms with Gasteiger partial charge in [-0.3, -0.25) is 4.79 Å². The fraction of sp³-hybridized carbons (Fsp3) is 0.143. The molecule has 0 aliphatic rings. The standard InChI is InChI=1S/C28H25ClN8O5/c1-2-39-24-14-18(11-12-23(24)41-16-19-7-6-8-20(29)13-19)15-31-33-28(38)25-22(17-40-21-9-4-3-5-10-21)37(36-32-25)27-26(30)34-42-35-27/h3-15H,2,16-17H2,1H3,(H2,30,34)(H,33,38)/b31-15+. The Bertz CT molecular complexity index is 1690. The number of hydrogen-bond acceptors (Lipinski definition) is 11. The van der Waals surface area contributed by atoms with Crippen molar-refractivity contribution < 1.29 is 23.6 Å². The molecule has 14 heteroatoms. The van der Waals surface area contributed by atoms with Crippen LogP contribution in [0.1, 0.15) is 34.2 Å². The monoisotopic (exact) mass is 588 g/mol. The maximum absolute atomic E-state index is 13.1. The summed E-state index contributed by atoms with van der Waals surface area (Å²) in [5.41, 5.74) is 10.1. The van der Waals surface area contributed by atoms with Crippen LogP contribution in [0.15, 0.2) is 82.5 Å². The SMILES string of the molecule is CCOc1cc(/C=N/NC(=O)c2nnn(-c3nonc3N)c2COc2ccccc2)ccc1OCc1cccc(Cl)c1. The van der Waals surface area contributed by atoms with E-state index in [2.05, 4.69) is 35.8 Å². The normalized spacial score (nSPS) is 11.0. The second-order valence-electron chi connectivity index (χ2n) is 8.63. The van der Waals surface area contributed by atoms with Gasteiger partial charge in [-0.05, 0) is 70.8 Å². The van der Waals surface area contributed by atoms with Gasteiger partial charge >= 0.3 is 0 Å². The number of anilines is 1. The summed E-state index contributed by atoms with van der Waals surface area (Å²) in [6.07, 6.45) is 1.46. The maximum Gasteiger partial charge on any atom is 0.293 e. The third-order valence-electron chi connectivity index (χ3n) is 5.72. The number of nitrogens with one attached hydrogen (secondary N) is 1. The van der Waals surface area contributed by atoms with Crippen molar-refractivity contribution in [3.8, 4) is 23.1 Å². The first-order valence-electron chi connectivity index (χ1n) is 12.7. The minimum Gasteiger partial charge on any atom is -0.490 e. The number of para-hydroxylation sites is 1. The quantitative estimate of drug-likeness (QED) is 0.159. The number of benzene rings is 3. The van der Waals surface area contributed by atoms with E-state index in [4.69, 9.17) is 31.5 Å². The average Bonchev–Trinajstić information content (AvgIpc) is 3.62. The third kappa shape index (κ3) is 6.82. The molecule has 3 aromatic carbocycles. The maximum atomic E-state index is 13.1. The molecule has 0 aliphatic heterocycles. The topological polar surface area (TPSA) is 165 Å². The van der Waals surface area contributed by atoms with Gasteiger partial charge in [0.2, 0.25) is 11.6 Å². The number of aromatic nitrogens is 5. The summed E-state index contributed by atoms with van der Waals surface area (Å²) in [6.45, 7) is 2.54. The van der Waals surface area contributed by atoms with E-state index < -0.39 is 5.91 Å². The smallest absolute Gasteiger partial charge is 0.293 e. The predicted molar refractivity (Wildman–Crippen MR) is 153 cm³/mol. The van der Waals surface area contributed by atoms with Gasteiger partial charge in [0.1, 0.15) is 24.7 Å². The molecule has 0 unspecified atom stereocenters. The molecule has 0 spiro atoms. The Balaban J connectivity index is 1.30. The van der Waals surface area contributed by atoms with E-state index >= 15 is 0 Å². The number of carbonyl (C=O) groups is 1. The van der Waals surface area contributed by atoms with Crippen LogP contribution in [0.2, 0.25) is 5.02 Å². The number of hydrazone groups is 1. The lowest BCUT2D eigenvalue weighted by Crippen LogP contribution is -2.21. The summed E-state index contributed by atoms with van der Waals surface area (Å²) in [5.74, 6) is 1.06. The molecule has 0 fully saturated rings. The largest absolute Gasteiger partial charge is 0.490 e. The van der Waals surface area contributed by atoms with E-state index in [0.29, 0.717) is 41.0 Å². The predicted octanol–water partition coefficient (Wildman–Crippen LogP) is 4.21. The molecule has 5 aromatic rings. The Morgan fingerprint density at radius 3 is 2.64 bits per heavy atom. The van der Waals surface area contributed by atoms with Gasteiger partial charge in [-0.1, -0.05) is 47.1 Å². The first kappa shape index (κ1) is 28.1. The molecule has 0 saturated heterocycles. The van der Waals surface area contributed by atoms with E-state index in [1.54, 1.807) is 36.4 Å². The first-order valence-corrected chi connectivity index (χ1v) is 13.1. The number of rotatable bonds is 12. The van der Waals surface area contributed by atoms with E-state index in [-0.39, 0.29) is 29.6 Å². The molecule has 13 nitrogen and oxygen atoms in total. The summed E-state index contributed by atoms with van der Waals surface area (Å²) in [4.78, 5) is 13.1. The number of hydrogen-bond donors (Lipinski definition) is 2. The Labute approximate surface area is 244 Å². The molecule has 2 heterocycles. The highest BCUT2D eigenvalue weighted by Crippen LogP contribution is 2.29. The average molecular weight is 589 g/mol. The van der Waals surface area contributed by atoms with Crippen molar-refractivity contribution in [2.24, 2.45) is 5.10 Å². The van der Waals surface area contributed by atoms with Crippen LogP contribution in [0.3, 0.4) is 0 Å². The molecule has 1 amide bonds. The number of carbonyl (C=O) groups excluding carboxylic acids is 1. The van der Waals surface area contributed by atoms with Gasteiger partial charge < -0.3 is 19.9 Å². The number of ether oxygens (including phenoxy) is 3. The summed E-state index contributed by atoms with van der Waals surface area (Å²) < 4.78 is 23.4. The van der Waals surface area contributed by atoms with Crippen molar-refractivity contribution in [3.63, 3.8) is 0 Å². The number of nitrogens with zero attached hydrogens (tertiary/aromatic N) is 6. The molecular weight excluding hydrogens is 564 g/mol. The summed E-state index contributed by atoms with van der Waals surface area (Å²) >= 11 is 6.07. The zero-order chi connectivity index (χ0) is 29.3. The van der Waals surface area contributed by atoms with Crippen LogP contribution >= 0.6 is 11.6 Å². The second-order valence-corrected chi connectivity index (χ2v) is 9.06. The molecule has 0 radical (unpaired) electrons. The highest BCUT2D eigenvalue weighted by Gasteiger charge is 2.24. The molecule has 5 rings (SSSR count). The second kappa shape index (κ2) is 13.3. The van der Waals surface area contributed by atoms with Crippen molar-refractivity contribution in [2.45, 2.75) is 20.1 Å². The summed E-state index contributed by atoms with van der Waals surface area (Å²) in [5, 5.41) is 20.0. The summed E-state index contributed by atoms with van der Waals surface area (Å²) in [7, 11) is 0. The van der Waals surface area contributed by atoms with Crippen LogP contribution in [0.5, 0.6) is 17.2 Å². The Morgan fingerprint density at radius 1 is 1.02 bits per heavy atom. The molecule has 42 heavy (non-hydrogen) atoms.